The quantitative estimate of drug-likeness (QED) is 0.489. The van der Waals surface area contributed by atoms with E-state index in [1.807, 2.05) is 0 Å². The Hall–Kier alpha value is -1.34. The minimum atomic E-state index is -1.29. The Balaban J connectivity index is 2.00. The maximum Gasteiger partial charge on any atom is 0.282 e. The highest BCUT2D eigenvalue weighted by Gasteiger charge is 2.31. The third kappa shape index (κ3) is 5.34. The van der Waals surface area contributed by atoms with Crippen molar-refractivity contribution in [2.75, 3.05) is 20.0 Å². The summed E-state index contributed by atoms with van der Waals surface area (Å²) in [4.78, 5) is 0. The molecule has 0 saturated heterocycles. The first-order valence-electron chi connectivity index (χ1n) is 8.61. The summed E-state index contributed by atoms with van der Waals surface area (Å²) in [5.41, 5.74) is 0.559. The summed E-state index contributed by atoms with van der Waals surface area (Å²) in [6.07, 6.45) is 2.63. The van der Waals surface area contributed by atoms with Gasteiger partial charge in [0.1, 0.15) is 0 Å². The molecule has 1 N–H and O–H groups in total. The van der Waals surface area contributed by atoms with E-state index in [-0.39, 0.29) is 6.79 Å². The summed E-state index contributed by atoms with van der Waals surface area (Å²) < 4.78 is 27.8. The number of hydrogen-bond acceptors (Lipinski definition) is 6. The van der Waals surface area contributed by atoms with Crippen LogP contribution in [0, 0.1) is 0 Å². The fourth-order valence-corrected chi connectivity index (χ4v) is 2.25. The number of aliphatic hydroxyl groups is 1. The molecule has 0 bridgehead atoms. The Labute approximate surface area is 143 Å². The van der Waals surface area contributed by atoms with Crippen LogP contribution in [0.25, 0.3) is 0 Å². The summed E-state index contributed by atoms with van der Waals surface area (Å²) in [5.74, 6) is -0.0390. The molecular weight excluding hydrogens is 312 g/mol. The molecule has 1 aromatic rings. The number of rotatable bonds is 11. The normalized spacial score (nSPS) is 14.8. The van der Waals surface area contributed by atoms with Gasteiger partial charge < -0.3 is 24.1 Å². The highest BCUT2D eigenvalue weighted by atomic mass is 16.9. The molecule has 1 unspecified atom stereocenters. The van der Waals surface area contributed by atoms with Crippen LogP contribution in [0.2, 0.25) is 0 Å². The number of hydrogen-bond donors (Lipinski definition) is 1. The summed E-state index contributed by atoms with van der Waals surface area (Å²) >= 11 is 0. The molecule has 0 fully saturated rings. The van der Waals surface area contributed by atoms with Crippen LogP contribution in [0.15, 0.2) is 18.2 Å². The van der Waals surface area contributed by atoms with E-state index < -0.39 is 12.3 Å². The molecule has 1 aliphatic heterocycles. The van der Waals surface area contributed by atoms with Gasteiger partial charge in [0.05, 0.1) is 13.2 Å². The van der Waals surface area contributed by atoms with Gasteiger partial charge in [-0.2, -0.15) is 0 Å². The SMILES string of the molecule is CCCCOC(C)(OCCCC)OC(O)c1ccc2c(c1)OCO2. The van der Waals surface area contributed by atoms with Crippen LogP contribution < -0.4 is 9.47 Å². The third-order valence-electron chi connectivity index (χ3n) is 3.73. The van der Waals surface area contributed by atoms with E-state index in [4.69, 9.17) is 23.7 Å². The summed E-state index contributed by atoms with van der Waals surface area (Å²) in [7, 11) is 0. The molecule has 0 radical (unpaired) electrons. The van der Waals surface area contributed by atoms with Gasteiger partial charge in [0.25, 0.3) is 5.97 Å². The van der Waals surface area contributed by atoms with Crippen molar-refractivity contribution in [3.63, 3.8) is 0 Å². The van der Waals surface area contributed by atoms with Crippen molar-refractivity contribution in [1.29, 1.82) is 0 Å². The molecule has 1 aliphatic rings. The number of unbranched alkanes of at least 4 members (excludes halogenated alkanes) is 2. The van der Waals surface area contributed by atoms with E-state index in [2.05, 4.69) is 13.8 Å². The van der Waals surface area contributed by atoms with E-state index >= 15 is 0 Å². The molecule has 6 nitrogen and oxygen atoms in total. The smallest absolute Gasteiger partial charge is 0.282 e. The minimum Gasteiger partial charge on any atom is -0.454 e. The van der Waals surface area contributed by atoms with Crippen molar-refractivity contribution in [1.82, 2.24) is 0 Å². The molecule has 1 aromatic carbocycles. The van der Waals surface area contributed by atoms with Gasteiger partial charge in [-0.1, -0.05) is 32.8 Å². The van der Waals surface area contributed by atoms with Gasteiger partial charge in [0, 0.05) is 12.5 Å². The summed E-state index contributed by atoms with van der Waals surface area (Å²) in [6.45, 7) is 7.06. The van der Waals surface area contributed by atoms with Crippen LogP contribution in [0.1, 0.15) is 58.3 Å². The average Bonchev–Trinajstić information content (AvgIpc) is 3.03. The molecule has 136 valence electrons. The lowest BCUT2D eigenvalue weighted by Gasteiger charge is -2.32. The van der Waals surface area contributed by atoms with Gasteiger partial charge in [-0.15, -0.1) is 0 Å². The number of ether oxygens (including phenoxy) is 5. The van der Waals surface area contributed by atoms with Gasteiger partial charge in [-0.25, -0.2) is 0 Å². The van der Waals surface area contributed by atoms with E-state index in [1.165, 1.54) is 0 Å². The van der Waals surface area contributed by atoms with Crippen molar-refractivity contribution in [2.45, 2.75) is 58.7 Å². The van der Waals surface area contributed by atoms with E-state index in [1.54, 1.807) is 25.1 Å². The van der Waals surface area contributed by atoms with Crippen LogP contribution in [-0.2, 0) is 14.2 Å². The van der Waals surface area contributed by atoms with Gasteiger partial charge in [-0.05, 0) is 25.0 Å². The lowest BCUT2D eigenvalue weighted by Crippen LogP contribution is -2.38. The second kappa shape index (κ2) is 9.22. The molecule has 0 spiro atoms. The second-order valence-electron chi connectivity index (χ2n) is 5.85. The maximum absolute atomic E-state index is 10.4. The van der Waals surface area contributed by atoms with Crippen molar-refractivity contribution in [3.05, 3.63) is 23.8 Å². The van der Waals surface area contributed by atoms with Gasteiger partial charge in [0.2, 0.25) is 6.79 Å². The summed E-state index contributed by atoms with van der Waals surface area (Å²) in [5, 5.41) is 10.4. The highest BCUT2D eigenvalue weighted by Crippen LogP contribution is 2.35. The lowest BCUT2D eigenvalue weighted by molar-refractivity contribution is -0.408. The van der Waals surface area contributed by atoms with Crippen LogP contribution in [-0.4, -0.2) is 31.1 Å². The van der Waals surface area contributed by atoms with Crippen molar-refractivity contribution in [3.8, 4) is 11.5 Å². The number of benzene rings is 1. The lowest BCUT2D eigenvalue weighted by atomic mass is 10.2. The Morgan fingerprint density at radius 3 is 2.33 bits per heavy atom. The number of fused-ring (bicyclic) bond motifs is 1. The molecular formula is C18H28O6. The molecule has 1 heterocycles. The zero-order valence-corrected chi connectivity index (χ0v) is 14.7. The minimum absolute atomic E-state index is 0.188. The van der Waals surface area contributed by atoms with Crippen LogP contribution >= 0.6 is 0 Å². The topological polar surface area (TPSA) is 66.4 Å². The van der Waals surface area contributed by atoms with Crippen LogP contribution in [0.4, 0.5) is 0 Å². The predicted molar refractivity (Wildman–Crippen MR) is 88.7 cm³/mol. The molecule has 24 heavy (non-hydrogen) atoms. The molecule has 0 aliphatic carbocycles. The van der Waals surface area contributed by atoms with Crippen LogP contribution in [0.3, 0.4) is 0 Å². The Kier molecular flexibility index (Phi) is 7.30. The predicted octanol–water partition coefficient (Wildman–Crippen LogP) is 3.73. The van der Waals surface area contributed by atoms with Gasteiger partial charge in [0.15, 0.2) is 17.8 Å². The standard InChI is InChI=1S/C18H28O6/c1-4-6-10-22-18(3,23-11-7-5-2)24-17(19)14-8-9-15-16(12-14)21-13-20-15/h8-9,12,17,19H,4-7,10-11,13H2,1-3H3. The number of aliphatic hydroxyl groups excluding tert-OH is 1. The molecule has 6 heteroatoms. The first kappa shape index (κ1) is 19.0. The molecule has 2 rings (SSSR count). The zero-order chi connectivity index (χ0) is 17.4. The summed E-state index contributed by atoms with van der Waals surface area (Å²) in [6, 6.07) is 5.18. The maximum atomic E-state index is 10.4. The molecule has 0 aromatic heterocycles. The molecule has 0 amide bonds. The van der Waals surface area contributed by atoms with Crippen LogP contribution in [0.5, 0.6) is 11.5 Å². The first-order valence-corrected chi connectivity index (χ1v) is 8.61. The first-order chi connectivity index (χ1) is 11.6. The zero-order valence-electron chi connectivity index (χ0n) is 14.7. The Bertz CT molecular complexity index is 494. The Morgan fingerprint density at radius 1 is 1.08 bits per heavy atom. The second-order valence-corrected chi connectivity index (χ2v) is 5.85. The monoisotopic (exact) mass is 340 g/mol. The Morgan fingerprint density at radius 2 is 1.71 bits per heavy atom. The van der Waals surface area contributed by atoms with Crippen molar-refractivity contribution in [2.24, 2.45) is 0 Å². The third-order valence-corrected chi connectivity index (χ3v) is 3.73. The molecule has 0 saturated carbocycles. The van der Waals surface area contributed by atoms with Crippen molar-refractivity contribution >= 4 is 0 Å². The van der Waals surface area contributed by atoms with E-state index in [0.717, 1.165) is 25.7 Å². The van der Waals surface area contributed by atoms with E-state index in [0.29, 0.717) is 30.3 Å². The van der Waals surface area contributed by atoms with Gasteiger partial charge >= 0.3 is 0 Å². The van der Waals surface area contributed by atoms with Gasteiger partial charge in [-0.3, -0.25) is 4.74 Å². The average molecular weight is 340 g/mol. The van der Waals surface area contributed by atoms with E-state index in [9.17, 15) is 5.11 Å². The fraction of sp³-hybridized carbons (Fsp3) is 0.667. The molecule has 1 atom stereocenters. The van der Waals surface area contributed by atoms with Crippen molar-refractivity contribution < 1.29 is 28.8 Å². The highest BCUT2D eigenvalue weighted by molar-refractivity contribution is 5.44. The fourth-order valence-electron chi connectivity index (χ4n) is 2.25. The largest absolute Gasteiger partial charge is 0.454 e.